The van der Waals surface area contributed by atoms with Gasteiger partial charge in [-0.2, -0.15) is 0 Å². The molecule has 2 aromatic rings. The summed E-state index contributed by atoms with van der Waals surface area (Å²) in [6, 6.07) is 3.37. The zero-order valence-corrected chi connectivity index (χ0v) is 18.8. The highest BCUT2D eigenvalue weighted by Crippen LogP contribution is 2.19. The van der Waals surface area contributed by atoms with Crippen LogP contribution in [-0.2, 0) is 35.1 Å². The van der Waals surface area contributed by atoms with Crippen molar-refractivity contribution in [3.8, 4) is 0 Å². The van der Waals surface area contributed by atoms with E-state index in [0.29, 0.717) is 0 Å². The highest BCUT2D eigenvalue weighted by Gasteiger charge is 2.25. The summed E-state index contributed by atoms with van der Waals surface area (Å²) in [4.78, 5) is 47.3. The highest BCUT2D eigenvalue weighted by molar-refractivity contribution is 5.91. The number of carboxylic acid groups (broad SMARTS) is 1. The number of carbonyl (C=O) groups excluding carboxylic acids is 3. The smallest absolute Gasteiger partial charge is 0.332 e. The van der Waals surface area contributed by atoms with Crippen molar-refractivity contribution in [3.63, 3.8) is 0 Å². The number of H-pyrrole nitrogens is 1. The van der Waals surface area contributed by atoms with Gasteiger partial charge in [0.1, 0.15) is 30.3 Å². The Morgan fingerprint density at radius 1 is 0.971 bits per heavy atom. The van der Waals surface area contributed by atoms with E-state index in [-0.39, 0.29) is 6.42 Å². The molecule has 0 aliphatic heterocycles. The molecule has 1 aromatic heterocycles. The second kappa shape index (κ2) is 13.4. The lowest BCUT2D eigenvalue weighted by Gasteiger charge is -2.17. The lowest BCUT2D eigenvalue weighted by molar-refractivity contribution is -0.162. The van der Waals surface area contributed by atoms with Crippen LogP contribution < -0.4 is 22.9 Å². The van der Waals surface area contributed by atoms with Gasteiger partial charge >= 0.3 is 23.9 Å². The first-order valence-corrected chi connectivity index (χ1v) is 10.3. The molecular formula is C21H31N5O8. The number of hydrogen-bond acceptors (Lipinski definition) is 11. The van der Waals surface area contributed by atoms with Crippen LogP contribution in [0.3, 0.4) is 0 Å². The van der Waals surface area contributed by atoms with Gasteiger partial charge in [-0.3, -0.25) is 9.59 Å². The largest absolute Gasteiger partial charge is 0.480 e. The van der Waals surface area contributed by atoms with Crippen molar-refractivity contribution in [2.45, 2.75) is 50.5 Å². The van der Waals surface area contributed by atoms with Crippen LogP contribution in [0.4, 0.5) is 0 Å². The van der Waals surface area contributed by atoms with Crippen LogP contribution in [-0.4, -0.2) is 76.0 Å². The number of rotatable bonds is 9. The Hall–Kier alpha value is -3.36. The number of aliphatic hydroxyl groups excluding tert-OH is 1. The fourth-order valence-corrected chi connectivity index (χ4v) is 2.51. The predicted molar refractivity (Wildman–Crippen MR) is 121 cm³/mol. The summed E-state index contributed by atoms with van der Waals surface area (Å²) in [5, 5.41) is 18.1. The van der Waals surface area contributed by atoms with Crippen LogP contribution in [0.2, 0.25) is 0 Å². The van der Waals surface area contributed by atoms with Crippen LogP contribution in [0, 0.1) is 0 Å². The topological polar surface area (TPSA) is 247 Å². The Morgan fingerprint density at radius 3 is 2.12 bits per heavy atom. The number of nitrogens with one attached hydrogen (secondary N) is 1. The van der Waals surface area contributed by atoms with Gasteiger partial charge in [0, 0.05) is 23.5 Å². The maximum Gasteiger partial charge on any atom is 0.332 e. The number of carbonyl (C=O) groups is 4. The number of ether oxygens (including phenoxy) is 2. The van der Waals surface area contributed by atoms with Crippen LogP contribution in [0.25, 0.3) is 10.9 Å². The molecule has 1 aromatic carbocycles. The molecule has 0 spiro atoms. The van der Waals surface area contributed by atoms with Crippen molar-refractivity contribution in [1.29, 1.82) is 0 Å². The third kappa shape index (κ3) is 8.53. The lowest BCUT2D eigenvalue weighted by Crippen LogP contribution is -2.44. The van der Waals surface area contributed by atoms with E-state index >= 15 is 0 Å². The molecule has 0 saturated carbocycles. The molecule has 13 heteroatoms. The van der Waals surface area contributed by atoms with Gasteiger partial charge in [-0.25, -0.2) is 9.59 Å². The number of aromatic nitrogens is 1. The summed E-state index contributed by atoms with van der Waals surface area (Å²) in [7, 11) is 0. The van der Waals surface area contributed by atoms with E-state index in [9.17, 15) is 19.2 Å². The third-order valence-electron chi connectivity index (χ3n) is 4.58. The van der Waals surface area contributed by atoms with Crippen LogP contribution in [0.15, 0.2) is 30.5 Å². The Kier molecular flexibility index (Phi) is 11.3. The van der Waals surface area contributed by atoms with E-state index in [2.05, 4.69) is 14.5 Å². The third-order valence-corrected chi connectivity index (χ3v) is 4.58. The van der Waals surface area contributed by atoms with Gasteiger partial charge in [0.25, 0.3) is 0 Å². The lowest BCUT2D eigenvalue weighted by atomic mass is 10.1. The normalized spacial score (nSPS) is 15.1. The summed E-state index contributed by atoms with van der Waals surface area (Å²) in [5.74, 6) is -3.74. The van der Waals surface area contributed by atoms with E-state index in [1.54, 1.807) is 6.20 Å². The summed E-state index contributed by atoms with van der Waals surface area (Å²) < 4.78 is 9.19. The molecule has 0 aliphatic rings. The molecule has 1 heterocycles. The first-order valence-electron chi connectivity index (χ1n) is 10.3. The second-order valence-electron chi connectivity index (χ2n) is 7.49. The van der Waals surface area contributed by atoms with Gasteiger partial charge in [-0.05, 0) is 25.5 Å². The molecule has 0 amide bonds. The number of fused-ring (bicyclic) bond motifs is 1. The van der Waals surface area contributed by atoms with Crippen molar-refractivity contribution in [2.24, 2.45) is 22.9 Å². The summed E-state index contributed by atoms with van der Waals surface area (Å²) in [6.07, 6.45) is 1.11. The molecule has 5 atom stereocenters. The van der Waals surface area contributed by atoms with Gasteiger partial charge in [-0.1, -0.05) is 18.2 Å². The fourth-order valence-electron chi connectivity index (χ4n) is 2.51. The molecule has 0 unspecified atom stereocenters. The Balaban J connectivity index is 0.000000385. The van der Waals surface area contributed by atoms with Gasteiger partial charge in [0.15, 0.2) is 0 Å². The maximum atomic E-state index is 11.7. The summed E-state index contributed by atoms with van der Waals surface area (Å²) in [5.41, 5.74) is 23.2. The fraction of sp³-hybridized carbons (Fsp3) is 0.429. The van der Waals surface area contributed by atoms with Crippen LogP contribution in [0.5, 0.6) is 0 Å². The number of hydrogen-bond donors (Lipinski definition) is 7. The minimum atomic E-state index is -1.24. The van der Waals surface area contributed by atoms with Crippen molar-refractivity contribution in [1.82, 2.24) is 4.98 Å². The van der Waals surface area contributed by atoms with Gasteiger partial charge in [0.2, 0.25) is 0 Å². The average Bonchev–Trinajstić information content (AvgIpc) is 3.20. The highest BCUT2D eigenvalue weighted by atomic mass is 16.6. The van der Waals surface area contributed by atoms with Crippen molar-refractivity contribution in [3.05, 3.63) is 36.0 Å². The zero-order chi connectivity index (χ0) is 26.0. The standard InChI is InChI=1S/C14H17N3O4.C7H14N2O4/c15-10(13(19)21-14(20)11(16)7-18)5-8-6-17-12-4-2-1-3-9(8)12;1-3(8)7(12)13-4(2)5(9)6(10)11/h1-4,6,10-11,17-18H,5,7,15-16H2;3-5H,8-9H2,1-2H3,(H,10,11)/t10-,11-;3-,4+,5-/m00/s1. The SMILES string of the molecule is C[C@H](N)C(=O)O[C@H](C)[C@H](N)C(=O)O.N[C@@H](CO)C(=O)OC(=O)[C@@H](N)Cc1c[nH]c2ccccc12. The van der Waals surface area contributed by atoms with Gasteiger partial charge < -0.3 is 47.6 Å². The van der Waals surface area contributed by atoms with E-state index in [0.717, 1.165) is 16.5 Å². The van der Waals surface area contributed by atoms with Crippen molar-refractivity contribution >= 4 is 34.8 Å². The molecule has 13 nitrogen and oxygen atoms in total. The van der Waals surface area contributed by atoms with Crippen LogP contribution in [0.1, 0.15) is 19.4 Å². The second-order valence-corrected chi connectivity index (χ2v) is 7.49. The molecular weight excluding hydrogens is 450 g/mol. The Bertz CT molecular complexity index is 992. The number of carboxylic acids is 1. The number of para-hydroxylation sites is 1. The molecule has 0 radical (unpaired) electrons. The molecule has 0 saturated heterocycles. The zero-order valence-electron chi connectivity index (χ0n) is 18.8. The Labute approximate surface area is 195 Å². The van der Waals surface area contributed by atoms with Crippen molar-refractivity contribution < 1.29 is 38.9 Å². The molecule has 11 N–H and O–H groups in total. The molecule has 34 heavy (non-hydrogen) atoms. The van der Waals surface area contributed by atoms with E-state index in [1.165, 1.54) is 13.8 Å². The van der Waals surface area contributed by atoms with E-state index in [4.69, 9.17) is 33.1 Å². The number of aromatic amines is 1. The van der Waals surface area contributed by atoms with E-state index in [1.807, 2.05) is 24.3 Å². The number of esters is 3. The molecule has 0 fully saturated rings. The first-order chi connectivity index (χ1) is 15.9. The molecule has 2 rings (SSSR count). The van der Waals surface area contributed by atoms with E-state index < -0.39 is 60.8 Å². The average molecular weight is 482 g/mol. The maximum absolute atomic E-state index is 11.7. The minimum Gasteiger partial charge on any atom is -0.480 e. The van der Waals surface area contributed by atoms with Crippen LogP contribution >= 0.6 is 0 Å². The van der Waals surface area contributed by atoms with Gasteiger partial charge in [-0.15, -0.1) is 0 Å². The first kappa shape index (κ1) is 28.7. The minimum absolute atomic E-state index is 0.227. The Morgan fingerprint density at radius 2 is 1.56 bits per heavy atom. The number of nitrogens with two attached hydrogens (primary N) is 4. The number of aliphatic hydroxyl groups is 1. The quantitative estimate of drug-likeness (QED) is 0.153. The summed E-state index contributed by atoms with van der Waals surface area (Å²) in [6.45, 7) is 2.25. The molecule has 188 valence electrons. The number of aliphatic carboxylic acids is 1. The van der Waals surface area contributed by atoms with Crippen molar-refractivity contribution in [2.75, 3.05) is 6.61 Å². The monoisotopic (exact) mass is 481 g/mol. The number of benzene rings is 1. The molecule has 0 aliphatic carbocycles. The molecule has 0 bridgehead atoms. The summed E-state index contributed by atoms with van der Waals surface area (Å²) >= 11 is 0. The predicted octanol–water partition coefficient (Wildman–Crippen LogP) is -1.90. The van der Waals surface area contributed by atoms with Gasteiger partial charge in [0.05, 0.1) is 6.61 Å².